The fourth-order valence-corrected chi connectivity index (χ4v) is 3.28. The standard InChI is InChI=1S/C12H14N4O2S/c13-9-8-7(16-5-3-14-4-6-16)1-2-15-11(8)19-10(9)12(17)18/h1-2,14H,3-6,13H2,(H,17,18). The van der Waals surface area contributed by atoms with Gasteiger partial charge in [0.1, 0.15) is 9.71 Å². The van der Waals surface area contributed by atoms with Crippen molar-refractivity contribution in [2.75, 3.05) is 36.8 Å². The molecule has 3 heterocycles. The smallest absolute Gasteiger partial charge is 0.348 e. The topological polar surface area (TPSA) is 91.5 Å². The van der Waals surface area contributed by atoms with Crippen molar-refractivity contribution >= 4 is 38.9 Å². The van der Waals surface area contributed by atoms with Crippen LogP contribution in [-0.4, -0.2) is 42.2 Å². The van der Waals surface area contributed by atoms with E-state index in [0.717, 1.165) is 48.6 Å². The van der Waals surface area contributed by atoms with Crippen LogP contribution in [0.2, 0.25) is 0 Å². The predicted octanol–water partition coefficient (Wildman–Crippen LogP) is 0.986. The Bertz CT molecular complexity index is 634. The average Bonchev–Trinajstić information content (AvgIpc) is 2.78. The van der Waals surface area contributed by atoms with Crippen LogP contribution in [0.1, 0.15) is 9.67 Å². The van der Waals surface area contributed by atoms with Gasteiger partial charge in [0.15, 0.2) is 0 Å². The van der Waals surface area contributed by atoms with Crippen molar-refractivity contribution in [2.24, 2.45) is 0 Å². The predicted molar refractivity (Wildman–Crippen MR) is 76.1 cm³/mol. The van der Waals surface area contributed by atoms with Crippen molar-refractivity contribution in [3.05, 3.63) is 17.1 Å². The molecule has 6 nitrogen and oxygen atoms in total. The quantitative estimate of drug-likeness (QED) is 0.758. The number of nitrogen functional groups attached to an aromatic ring is 1. The number of rotatable bonds is 2. The van der Waals surface area contributed by atoms with Crippen LogP contribution in [-0.2, 0) is 0 Å². The molecule has 3 rings (SSSR count). The summed E-state index contributed by atoms with van der Waals surface area (Å²) in [6.07, 6.45) is 1.71. The van der Waals surface area contributed by atoms with Crippen molar-refractivity contribution in [1.82, 2.24) is 10.3 Å². The number of fused-ring (bicyclic) bond motifs is 1. The summed E-state index contributed by atoms with van der Waals surface area (Å²) in [4.78, 5) is 18.5. The van der Waals surface area contributed by atoms with E-state index in [4.69, 9.17) is 10.8 Å². The zero-order valence-electron chi connectivity index (χ0n) is 10.2. The Labute approximate surface area is 113 Å². The molecular formula is C12H14N4O2S. The summed E-state index contributed by atoms with van der Waals surface area (Å²) in [7, 11) is 0. The molecule has 4 N–H and O–H groups in total. The maximum absolute atomic E-state index is 11.2. The first kappa shape index (κ1) is 12.2. The number of hydrogen-bond acceptors (Lipinski definition) is 6. The van der Waals surface area contributed by atoms with E-state index in [1.807, 2.05) is 6.07 Å². The lowest BCUT2D eigenvalue weighted by Gasteiger charge is -2.30. The maximum atomic E-state index is 11.2. The lowest BCUT2D eigenvalue weighted by atomic mass is 10.2. The van der Waals surface area contributed by atoms with Crippen molar-refractivity contribution in [3.63, 3.8) is 0 Å². The van der Waals surface area contributed by atoms with Gasteiger partial charge in [-0.3, -0.25) is 0 Å². The average molecular weight is 278 g/mol. The van der Waals surface area contributed by atoms with E-state index in [0.29, 0.717) is 10.5 Å². The van der Waals surface area contributed by atoms with Crippen molar-refractivity contribution < 1.29 is 9.90 Å². The van der Waals surface area contributed by atoms with E-state index in [2.05, 4.69) is 15.2 Å². The van der Waals surface area contributed by atoms with Gasteiger partial charge in [-0.15, -0.1) is 11.3 Å². The number of carboxylic acid groups (broad SMARTS) is 1. The van der Waals surface area contributed by atoms with Crippen molar-refractivity contribution in [1.29, 1.82) is 0 Å². The number of pyridine rings is 1. The third-order valence-electron chi connectivity index (χ3n) is 3.26. The normalized spacial score (nSPS) is 15.9. The Kier molecular flexibility index (Phi) is 3.00. The molecule has 100 valence electrons. The van der Waals surface area contributed by atoms with Gasteiger partial charge in [0.05, 0.1) is 16.8 Å². The van der Waals surface area contributed by atoms with E-state index >= 15 is 0 Å². The molecule has 1 fully saturated rings. The summed E-state index contributed by atoms with van der Waals surface area (Å²) in [6, 6.07) is 1.91. The second kappa shape index (κ2) is 4.67. The highest BCUT2D eigenvalue weighted by Gasteiger charge is 2.21. The van der Waals surface area contributed by atoms with Crippen LogP contribution in [0.5, 0.6) is 0 Å². The van der Waals surface area contributed by atoms with Gasteiger partial charge in [0.25, 0.3) is 0 Å². The summed E-state index contributed by atoms with van der Waals surface area (Å²) < 4.78 is 0. The number of carbonyl (C=O) groups is 1. The largest absolute Gasteiger partial charge is 0.477 e. The second-order valence-electron chi connectivity index (χ2n) is 4.40. The molecule has 0 saturated carbocycles. The van der Waals surface area contributed by atoms with Crippen LogP contribution in [0.3, 0.4) is 0 Å². The van der Waals surface area contributed by atoms with Gasteiger partial charge < -0.3 is 21.1 Å². The second-order valence-corrected chi connectivity index (χ2v) is 5.40. The molecular weight excluding hydrogens is 264 g/mol. The highest BCUT2D eigenvalue weighted by molar-refractivity contribution is 7.21. The molecule has 0 amide bonds. The van der Waals surface area contributed by atoms with Gasteiger partial charge in [0, 0.05) is 32.4 Å². The fraction of sp³-hybridized carbons (Fsp3) is 0.333. The highest BCUT2D eigenvalue weighted by atomic mass is 32.1. The van der Waals surface area contributed by atoms with Crippen LogP contribution in [0.4, 0.5) is 11.4 Å². The minimum absolute atomic E-state index is 0.171. The van der Waals surface area contributed by atoms with Crippen molar-refractivity contribution in [2.45, 2.75) is 0 Å². The SMILES string of the molecule is Nc1c(C(=O)O)sc2nccc(N3CCNCC3)c12. The summed E-state index contributed by atoms with van der Waals surface area (Å²) in [5.74, 6) is -0.994. The van der Waals surface area contributed by atoms with E-state index < -0.39 is 5.97 Å². The molecule has 1 aliphatic rings. The van der Waals surface area contributed by atoms with Gasteiger partial charge in [-0.05, 0) is 6.07 Å². The molecule has 0 radical (unpaired) electrons. The van der Waals surface area contributed by atoms with E-state index in [1.54, 1.807) is 6.20 Å². The van der Waals surface area contributed by atoms with E-state index in [1.165, 1.54) is 0 Å². The molecule has 0 aromatic carbocycles. The molecule has 19 heavy (non-hydrogen) atoms. The highest BCUT2D eigenvalue weighted by Crippen LogP contribution is 2.38. The first-order valence-electron chi connectivity index (χ1n) is 6.04. The Hall–Kier alpha value is -1.86. The molecule has 0 atom stereocenters. The van der Waals surface area contributed by atoms with Crippen LogP contribution < -0.4 is 16.0 Å². The Morgan fingerprint density at radius 3 is 2.89 bits per heavy atom. The molecule has 2 aromatic rings. The maximum Gasteiger partial charge on any atom is 0.348 e. The number of thiophene rings is 1. The number of nitrogens with zero attached hydrogens (tertiary/aromatic N) is 2. The van der Waals surface area contributed by atoms with Gasteiger partial charge in [-0.2, -0.15) is 0 Å². The third-order valence-corrected chi connectivity index (χ3v) is 4.36. The lowest BCUT2D eigenvalue weighted by Crippen LogP contribution is -2.43. The number of carboxylic acids is 1. The summed E-state index contributed by atoms with van der Waals surface area (Å²) in [5, 5.41) is 13.2. The molecule has 1 saturated heterocycles. The first-order chi connectivity index (χ1) is 9.18. The van der Waals surface area contributed by atoms with Crippen LogP contribution >= 0.6 is 11.3 Å². The summed E-state index contributed by atoms with van der Waals surface area (Å²) in [6.45, 7) is 3.60. The third kappa shape index (κ3) is 2.00. The molecule has 1 aliphatic heterocycles. The van der Waals surface area contributed by atoms with Gasteiger partial charge >= 0.3 is 5.97 Å². The number of nitrogens with two attached hydrogens (primary N) is 1. The molecule has 0 aliphatic carbocycles. The Morgan fingerprint density at radius 1 is 1.47 bits per heavy atom. The minimum Gasteiger partial charge on any atom is -0.477 e. The van der Waals surface area contributed by atoms with Crippen LogP contribution in [0.25, 0.3) is 10.2 Å². The van der Waals surface area contributed by atoms with Gasteiger partial charge in [-0.1, -0.05) is 0 Å². The zero-order valence-corrected chi connectivity index (χ0v) is 11.0. The molecule has 2 aromatic heterocycles. The zero-order chi connectivity index (χ0) is 13.4. The summed E-state index contributed by atoms with van der Waals surface area (Å²) >= 11 is 1.13. The Morgan fingerprint density at radius 2 is 2.21 bits per heavy atom. The van der Waals surface area contributed by atoms with Gasteiger partial charge in [-0.25, -0.2) is 9.78 Å². The van der Waals surface area contributed by atoms with E-state index in [-0.39, 0.29) is 4.88 Å². The summed E-state index contributed by atoms with van der Waals surface area (Å²) in [5.41, 5.74) is 7.30. The van der Waals surface area contributed by atoms with Crippen LogP contribution in [0.15, 0.2) is 12.3 Å². The molecule has 0 bridgehead atoms. The number of aromatic nitrogens is 1. The number of anilines is 2. The Balaban J connectivity index is 2.16. The van der Waals surface area contributed by atoms with E-state index in [9.17, 15) is 4.79 Å². The monoisotopic (exact) mass is 278 g/mol. The number of hydrogen-bond donors (Lipinski definition) is 3. The van der Waals surface area contributed by atoms with Gasteiger partial charge in [0.2, 0.25) is 0 Å². The first-order valence-corrected chi connectivity index (χ1v) is 6.86. The number of nitrogens with one attached hydrogen (secondary N) is 1. The molecule has 0 unspecified atom stereocenters. The fourth-order valence-electron chi connectivity index (χ4n) is 2.36. The lowest BCUT2D eigenvalue weighted by molar-refractivity contribution is 0.0703. The number of aromatic carboxylic acids is 1. The van der Waals surface area contributed by atoms with Crippen molar-refractivity contribution in [3.8, 4) is 0 Å². The van der Waals surface area contributed by atoms with Crippen LogP contribution in [0, 0.1) is 0 Å². The number of piperazine rings is 1. The molecule has 0 spiro atoms. The molecule has 7 heteroatoms. The minimum atomic E-state index is -0.994.